The molecule has 0 saturated carbocycles. The van der Waals surface area contributed by atoms with Crippen LogP contribution in [0.15, 0.2) is 9.98 Å². The fourth-order valence-corrected chi connectivity index (χ4v) is 6.15. The van der Waals surface area contributed by atoms with Gasteiger partial charge in [0.1, 0.15) is 24.2 Å². The predicted octanol–water partition coefficient (Wildman–Crippen LogP) is -0.0360. The maximum atomic E-state index is 14.1. The van der Waals surface area contributed by atoms with E-state index in [0.29, 0.717) is 82.9 Å². The van der Waals surface area contributed by atoms with Crippen LogP contribution in [-0.2, 0) is 24.0 Å². The van der Waals surface area contributed by atoms with Crippen molar-refractivity contribution in [3.05, 3.63) is 0 Å². The first-order valence-corrected chi connectivity index (χ1v) is 19.5. The highest BCUT2D eigenvalue weighted by Gasteiger charge is 2.39. The SMILES string of the molecule is CCN(CC)C(N)=NCCCC[C@@H](N)C(=O)N[C@@H](CC(C)C)C(=O)N[C@@H](CCCCN=C(N)N(CC)CC)C(=O)N1CCC[C@H]1C(=O)N[C@H](C)C(N)=O. The van der Waals surface area contributed by atoms with Crippen LogP contribution in [0, 0.1) is 5.92 Å². The van der Waals surface area contributed by atoms with Crippen molar-refractivity contribution in [3.63, 3.8) is 0 Å². The summed E-state index contributed by atoms with van der Waals surface area (Å²) < 4.78 is 0. The van der Waals surface area contributed by atoms with E-state index < -0.39 is 59.7 Å². The number of rotatable bonds is 24. The maximum Gasteiger partial charge on any atom is 0.245 e. The maximum absolute atomic E-state index is 14.1. The van der Waals surface area contributed by atoms with Gasteiger partial charge < -0.3 is 53.6 Å². The zero-order chi connectivity index (χ0) is 40.1. The number of amides is 5. The third-order valence-corrected chi connectivity index (χ3v) is 9.46. The van der Waals surface area contributed by atoms with Crippen LogP contribution in [-0.4, -0.2) is 132 Å². The lowest BCUT2D eigenvalue weighted by atomic mass is 10.0. The van der Waals surface area contributed by atoms with Gasteiger partial charge in [-0.25, -0.2) is 0 Å². The minimum absolute atomic E-state index is 0.0404. The summed E-state index contributed by atoms with van der Waals surface area (Å²) in [5.74, 6) is -1.56. The summed E-state index contributed by atoms with van der Waals surface area (Å²) in [5.41, 5.74) is 23.7. The van der Waals surface area contributed by atoms with Gasteiger partial charge in [-0.2, -0.15) is 0 Å². The van der Waals surface area contributed by atoms with Crippen LogP contribution in [0.4, 0.5) is 0 Å². The fraction of sp³-hybridized carbons (Fsp3) is 0.806. The molecule has 5 atom stereocenters. The Balaban J connectivity index is 3.07. The molecule has 53 heavy (non-hydrogen) atoms. The van der Waals surface area contributed by atoms with Gasteiger partial charge in [-0.3, -0.25) is 34.0 Å². The molecular weight excluding hydrogens is 680 g/mol. The lowest BCUT2D eigenvalue weighted by molar-refractivity contribution is -0.142. The number of likely N-dealkylation sites (tertiary alicyclic amines) is 1. The molecule has 17 heteroatoms. The molecule has 1 fully saturated rings. The second-order valence-electron chi connectivity index (χ2n) is 14.0. The Morgan fingerprint density at radius 2 is 1.25 bits per heavy atom. The molecule has 0 unspecified atom stereocenters. The van der Waals surface area contributed by atoms with E-state index in [1.54, 1.807) is 0 Å². The standard InChI is InChI=1S/C36H70N12O5/c1-8-46(9-2)35(39)41-20-14-12-17-26(37)31(50)45-28(23-24(5)6)32(51)44-27(18-13-15-21-42-36(40)47(10-3)11-4)34(53)48-22-16-19-29(48)33(52)43-25(7)30(38)49/h24-29H,8-23,37H2,1-7H3,(H2,38,49)(H2,39,41)(H2,40,42)(H,43,52)(H,44,51)(H,45,50)/t25-,26-,27+,28+,29+/m1/s1. The molecule has 1 saturated heterocycles. The van der Waals surface area contributed by atoms with E-state index in [0.717, 1.165) is 26.2 Å². The van der Waals surface area contributed by atoms with Crippen molar-refractivity contribution in [1.29, 1.82) is 0 Å². The van der Waals surface area contributed by atoms with E-state index in [1.807, 2.05) is 51.3 Å². The molecule has 0 bridgehead atoms. The molecule has 17 nitrogen and oxygen atoms in total. The third kappa shape index (κ3) is 16.6. The molecule has 1 aliphatic rings. The van der Waals surface area contributed by atoms with Gasteiger partial charge >= 0.3 is 0 Å². The first-order valence-electron chi connectivity index (χ1n) is 19.5. The van der Waals surface area contributed by atoms with E-state index in [9.17, 15) is 24.0 Å². The van der Waals surface area contributed by atoms with Gasteiger partial charge in [0, 0.05) is 45.8 Å². The van der Waals surface area contributed by atoms with Crippen LogP contribution in [0.1, 0.15) is 106 Å². The summed E-state index contributed by atoms with van der Waals surface area (Å²) in [5, 5.41) is 8.30. The Hall–Kier alpha value is -4.15. The number of unbranched alkanes of at least 4 members (excludes halogenated alkanes) is 2. The van der Waals surface area contributed by atoms with Crippen LogP contribution in [0.2, 0.25) is 0 Å². The van der Waals surface area contributed by atoms with Gasteiger partial charge in [-0.1, -0.05) is 13.8 Å². The van der Waals surface area contributed by atoms with Crippen LogP contribution in [0.25, 0.3) is 0 Å². The highest BCUT2D eigenvalue weighted by atomic mass is 16.2. The van der Waals surface area contributed by atoms with Crippen LogP contribution >= 0.6 is 0 Å². The molecule has 0 radical (unpaired) electrons. The molecule has 5 amide bonds. The topological polar surface area (TPSA) is 260 Å². The van der Waals surface area contributed by atoms with Crippen molar-refractivity contribution in [2.45, 2.75) is 136 Å². The minimum atomic E-state index is -0.974. The summed E-state index contributed by atoms with van der Waals surface area (Å²) >= 11 is 0. The highest BCUT2D eigenvalue weighted by molar-refractivity contribution is 5.96. The van der Waals surface area contributed by atoms with Gasteiger partial charge in [0.05, 0.1) is 6.04 Å². The lowest BCUT2D eigenvalue weighted by Crippen LogP contribution is -2.58. The number of nitrogens with two attached hydrogens (primary N) is 4. The number of nitrogens with one attached hydrogen (secondary N) is 3. The summed E-state index contributed by atoms with van der Waals surface area (Å²) in [6.45, 7) is 17.6. The quantitative estimate of drug-likeness (QED) is 0.0394. The number of hydrogen-bond donors (Lipinski definition) is 7. The number of aliphatic imine (C=N–C) groups is 2. The zero-order valence-corrected chi connectivity index (χ0v) is 33.4. The zero-order valence-electron chi connectivity index (χ0n) is 33.4. The number of carbonyl (C=O) groups excluding carboxylic acids is 5. The first kappa shape index (κ1) is 46.9. The molecule has 0 aromatic heterocycles. The number of carbonyl (C=O) groups is 5. The Kier molecular flexibility index (Phi) is 22.1. The van der Waals surface area contributed by atoms with Crippen LogP contribution < -0.4 is 38.9 Å². The normalized spacial score (nSPS) is 17.2. The molecular formula is C36H70N12O5. The van der Waals surface area contributed by atoms with Crippen molar-refractivity contribution in [2.24, 2.45) is 38.8 Å². The molecule has 0 aromatic carbocycles. The Morgan fingerprint density at radius 1 is 0.736 bits per heavy atom. The summed E-state index contributed by atoms with van der Waals surface area (Å²) in [6.07, 6.45) is 4.47. The average molecular weight is 751 g/mol. The third-order valence-electron chi connectivity index (χ3n) is 9.46. The van der Waals surface area contributed by atoms with Gasteiger partial charge in [0.2, 0.25) is 29.5 Å². The van der Waals surface area contributed by atoms with Gasteiger partial charge in [0.25, 0.3) is 0 Å². The van der Waals surface area contributed by atoms with Gasteiger partial charge in [-0.05, 0) is 98.3 Å². The number of hydrogen-bond acceptors (Lipinski definition) is 8. The van der Waals surface area contributed by atoms with Crippen LogP contribution in [0.5, 0.6) is 0 Å². The fourth-order valence-electron chi connectivity index (χ4n) is 6.15. The van der Waals surface area contributed by atoms with Gasteiger partial charge in [0.15, 0.2) is 11.9 Å². The molecule has 11 N–H and O–H groups in total. The molecule has 0 aliphatic carbocycles. The second-order valence-corrected chi connectivity index (χ2v) is 14.0. The average Bonchev–Trinajstić information content (AvgIpc) is 3.61. The molecule has 1 aliphatic heterocycles. The van der Waals surface area contributed by atoms with E-state index >= 15 is 0 Å². The molecule has 0 aromatic rings. The monoisotopic (exact) mass is 751 g/mol. The molecule has 304 valence electrons. The summed E-state index contributed by atoms with van der Waals surface area (Å²) in [7, 11) is 0. The molecule has 1 heterocycles. The Labute approximate surface area is 316 Å². The van der Waals surface area contributed by atoms with E-state index in [-0.39, 0.29) is 12.3 Å². The summed E-state index contributed by atoms with van der Waals surface area (Å²) in [6, 6.07) is -4.47. The van der Waals surface area contributed by atoms with Crippen molar-refractivity contribution in [3.8, 4) is 0 Å². The number of primary amides is 1. The van der Waals surface area contributed by atoms with E-state index in [1.165, 1.54) is 11.8 Å². The summed E-state index contributed by atoms with van der Waals surface area (Å²) in [4.78, 5) is 80.0. The predicted molar refractivity (Wildman–Crippen MR) is 209 cm³/mol. The molecule has 0 spiro atoms. The first-order chi connectivity index (χ1) is 25.1. The largest absolute Gasteiger partial charge is 0.370 e. The smallest absolute Gasteiger partial charge is 0.245 e. The van der Waals surface area contributed by atoms with Crippen LogP contribution in [0.3, 0.4) is 0 Å². The van der Waals surface area contributed by atoms with Crippen molar-refractivity contribution < 1.29 is 24.0 Å². The highest BCUT2D eigenvalue weighted by Crippen LogP contribution is 2.21. The Bertz CT molecular complexity index is 1220. The number of guanidine groups is 2. The second kappa shape index (κ2) is 25.0. The molecule has 1 rings (SSSR count). The van der Waals surface area contributed by atoms with Gasteiger partial charge in [-0.15, -0.1) is 0 Å². The van der Waals surface area contributed by atoms with E-state index in [2.05, 4.69) is 25.9 Å². The van der Waals surface area contributed by atoms with E-state index in [4.69, 9.17) is 22.9 Å². The lowest BCUT2D eigenvalue weighted by Gasteiger charge is -2.30. The van der Waals surface area contributed by atoms with Crippen molar-refractivity contribution in [2.75, 3.05) is 45.8 Å². The number of nitrogens with zero attached hydrogens (tertiary/aromatic N) is 5. The Morgan fingerprint density at radius 3 is 1.74 bits per heavy atom. The minimum Gasteiger partial charge on any atom is -0.370 e. The van der Waals surface area contributed by atoms with Crippen molar-refractivity contribution in [1.82, 2.24) is 30.7 Å². The van der Waals surface area contributed by atoms with Crippen molar-refractivity contribution >= 4 is 41.5 Å².